The SMILES string of the molecule is CC1CCN1CCC(O)C(=O)O. The molecule has 1 aliphatic rings. The van der Waals surface area contributed by atoms with Crippen LogP contribution in [0.4, 0.5) is 0 Å². The number of aliphatic hydroxyl groups is 1. The van der Waals surface area contributed by atoms with Gasteiger partial charge in [0.2, 0.25) is 0 Å². The molecule has 0 saturated carbocycles. The van der Waals surface area contributed by atoms with Crippen LogP contribution in [-0.4, -0.2) is 46.3 Å². The van der Waals surface area contributed by atoms with Gasteiger partial charge in [-0.3, -0.25) is 0 Å². The highest BCUT2D eigenvalue weighted by molar-refractivity contribution is 5.71. The molecule has 70 valence electrons. The number of aliphatic carboxylic acids is 1. The average molecular weight is 173 g/mol. The Balaban J connectivity index is 2.12. The van der Waals surface area contributed by atoms with Gasteiger partial charge in [-0.05, 0) is 26.3 Å². The van der Waals surface area contributed by atoms with Gasteiger partial charge < -0.3 is 15.1 Å². The zero-order valence-electron chi connectivity index (χ0n) is 7.23. The molecule has 0 bridgehead atoms. The maximum Gasteiger partial charge on any atom is 0.332 e. The highest BCUT2D eigenvalue weighted by Crippen LogP contribution is 2.16. The Morgan fingerprint density at radius 3 is 2.75 bits per heavy atom. The van der Waals surface area contributed by atoms with E-state index in [1.54, 1.807) is 0 Å². The Labute approximate surface area is 71.8 Å². The van der Waals surface area contributed by atoms with E-state index in [-0.39, 0.29) is 0 Å². The van der Waals surface area contributed by atoms with E-state index in [9.17, 15) is 4.79 Å². The fourth-order valence-corrected chi connectivity index (χ4v) is 1.31. The standard InChI is InChI=1S/C8H15NO3/c1-6-2-4-9(6)5-3-7(10)8(11)12/h6-7,10H,2-5H2,1H3,(H,11,12). The second kappa shape index (κ2) is 3.87. The van der Waals surface area contributed by atoms with Crippen LogP contribution in [0.25, 0.3) is 0 Å². The van der Waals surface area contributed by atoms with Crippen molar-refractivity contribution < 1.29 is 15.0 Å². The van der Waals surface area contributed by atoms with Crippen molar-refractivity contribution in [3.63, 3.8) is 0 Å². The third-order valence-corrected chi connectivity index (χ3v) is 2.43. The van der Waals surface area contributed by atoms with Gasteiger partial charge in [-0.25, -0.2) is 4.79 Å². The molecule has 1 aliphatic heterocycles. The summed E-state index contributed by atoms with van der Waals surface area (Å²) < 4.78 is 0. The number of aliphatic hydroxyl groups excluding tert-OH is 1. The molecule has 4 heteroatoms. The van der Waals surface area contributed by atoms with Crippen molar-refractivity contribution in [3.8, 4) is 0 Å². The van der Waals surface area contributed by atoms with Gasteiger partial charge in [0.15, 0.2) is 6.10 Å². The summed E-state index contributed by atoms with van der Waals surface area (Å²) in [6, 6.07) is 0.561. The summed E-state index contributed by atoms with van der Waals surface area (Å²) in [5.74, 6) is -1.12. The largest absolute Gasteiger partial charge is 0.479 e. The molecule has 2 atom stereocenters. The van der Waals surface area contributed by atoms with Crippen LogP contribution in [-0.2, 0) is 4.79 Å². The molecule has 2 unspecified atom stereocenters. The zero-order chi connectivity index (χ0) is 9.14. The van der Waals surface area contributed by atoms with Gasteiger partial charge in [0.25, 0.3) is 0 Å². The van der Waals surface area contributed by atoms with Crippen molar-refractivity contribution in [2.75, 3.05) is 13.1 Å². The van der Waals surface area contributed by atoms with E-state index in [1.165, 1.54) is 6.42 Å². The van der Waals surface area contributed by atoms with Crippen molar-refractivity contribution in [2.24, 2.45) is 0 Å². The summed E-state index contributed by atoms with van der Waals surface area (Å²) in [5.41, 5.74) is 0. The van der Waals surface area contributed by atoms with Crippen molar-refractivity contribution >= 4 is 5.97 Å². The van der Waals surface area contributed by atoms with Crippen molar-refractivity contribution in [1.82, 2.24) is 4.90 Å². The molecule has 0 aromatic carbocycles. The second-order valence-electron chi connectivity index (χ2n) is 3.32. The topological polar surface area (TPSA) is 60.8 Å². The molecule has 0 spiro atoms. The molecule has 0 aromatic rings. The molecule has 4 nitrogen and oxygen atoms in total. The quantitative estimate of drug-likeness (QED) is 0.624. The number of hydrogen-bond acceptors (Lipinski definition) is 3. The lowest BCUT2D eigenvalue weighted by molar-refractivity contribution is -0.147. The summed E-state index contributed by atoms with van der Waals surface area (Å²) in [6.45, 7) is 3.83. The van der Waals surface area contributed by atoms with Gasteiger partial charge in [-0.1, -0.05) is 0 Å². The lowest BCUT2D eigenvalue weighted by Gasteiger charge is -2.38. The molecule has 0 aliphatic carbocycles. The Kier molecular flexibility index (Phi) is 3.05. The fourth-order valence-electron chi connectivity index (χ4n) is 1.31. The molecule has 1 saturated heterocycles. The monoisotopic (exact) mass is 173 g/mol. The van der Waals surface area contributed by atoms with Gasteiger partial charge in [-0.15, -0.1) is 0 Å². The molecule has 0 amide bonds. The van der Waals surface area contributed by atoms with Gasteiger partial charge in [0.05, 0.1) is 0 Å². The number of hydrogen-bond donors (Lipinski definition) is 2. The molecular weight excluding hydrogens is 158 g/mol. The Morgan fingerprint density at radius 2 is 2.42 bits per heavy atom. The summed E-state index contributed by atoms with van der Waals surface area (Å²) in [5, 5.41) is 17.3. The van der Waals surface area contributed by atoms with E-state index in [0.717, 1.165) is 6.54 Å². The van der Waals surface area contributed by atoms with Gasteiger partial charge >= 0.3 is 5.97 Å². The maximum atomic E-state index is 10.2. The third-order valence-electron chi connectivity index (χ3n) is 2.43. The van der Waals surface area contributed by atoms with Crippen molar-refractivity contribution in [2.45, 2.75) is 31.9 Å². The smallest absolute Gasteiger partial charge is 0.332 e. The minimum atomic E-state index is -1.20. The highest BCUT2D eigenvalue weighted by Gasteiger charge is 2.24. The first kappa shape index (κ1) is 9.48. The van der Waals surface area contributed by atoms with Crippen LogP contribution in [0, 0.1) is 0 Å². The summed E-state index contributed by atoms with van der Waals surface area (Å²) in [7, 11) is 0. The van der Waals surface area contributed by atoms with Crippen molar-refractivity contribution in [3.05, 3.63) is 0 Å². The lowest BCUT2D eigenvalue weighted by Crippen LogP contribution is -2.47. The van der Waals surface area contributed by atoms with Crippen LogP contribution < -0.4 is 0 Å². The Bertz CT molecular complexity index is 172. The first-order valence-corrected chi connectivity index (χ1v) is 4.26. The van der Waals surface area contributed by atoms with E-state index in [1.807, 2.05) is 0 Å². The molecule has 12 heavy (non-hydrogen) atoms. The Hall–Kier alpha value is -0.610. The molecule has 0 aromatic heterocycles. The molecule has 1 rings (SSSR count). The van der Waals surface area contributed by atoms with E-state index in [2.05, 4.69) is 11.8 Å². The molecule has 0 radical (unpaired) electrons. The summed E-state index contributed by atoms with van der Waals surface area (Å²) >= 11 is 0. The average Bonchev–Trinajstić information content (AvgIpc) is 2.01. The normalized spacial score (nSPS) is 26.3. The van der Waals surface area contributed by atoms with Crippen LogP contribution in [0.5, 0.6) is 0 Å². The minimum Gasteiger partial charge on any atom is -0.479 e. The van der Waals surface area contributed by atoms with Crippen LogP contribution in [0.15, 0.2) is 0 Å². The number of carbonyl (C=O) groups is 1. The highest BCUT2D eigenvalue weighted by atomic mass is 16.4. The van der Waals surface area contributed by atoms with Crippen LogP contribution in [0.2, 0.25) is 0 Å². The van der Waals surface area contributed by atoms with E-state index in [0.29, 0.717) is 19.0 Å². The second-order valence-corrected chi connectivity index (χ2v) is 3.32. The number of likely N-dealkylation sites (tertiary alicyclic amines) is 1. The van der Waals surface area contributed by atoms with Gasteiger partial charge in [-0.2, -0.15) is 0 Å². The van der Waals surface area contributed by atoms with Crippen LogP contribution in [0.1, 0.15) is 19.8 Å². The molecular formula is C8H15NO3. The number of carboxylic acids is 1. The lowest BCUT2D eigenvalue weighted by atomic mass is 10.0. The predicted molar refractivity (Wildman–Crippen MR) is 43.9 cm³/mol. The maximum absolute atomic E-state index is 10.2. The van der Waals surface area contributed by atoms with Gasteiger partial charge in [0.1, 0.15) is 0 Å². The first-order chi connectivity index (χ1) is 5.61. The number of rotatable bonds is 4. The van der Waals surface area contributed by atoms with Crippen LogP contribution in [0.3, 0.4) is 0 Å². The summed E-state index contributed by atoms with van der Waals surface area (Å²) in [4.78, 5) is 12.4. The third kappa shape index (κ3) is 2.19. The van der Waals surface area contributed by atoms with Crippen molar-refractivity contribution in [1.29, 1.82) is 0 Å². The van der Waals surface area contributed by atoms with E-state index in [4.69, 9.17) is 10.2 Å². The van der Waals surface area contributed by atoms with E-state index >= 15 is 0 Å². The van der Waals surface area contributed by atoms with E-state index < -0.39 is 12.1 Å². The Morgan fingerprint density at radius 1 is 1.75 bits per heavy atom. The first-order valence-electron chi connectivity index (χ1n) is 4.26. The molecule has 1 fully saturated rings. The fraction of sp³-hybridized carbons (Fsp3) is 0.875. The predicted octanol–water partition coefficient (Wildman–Crippen LogP) is -0.0838. The molecule has 2 N–H and O–H groups in total. The minimum absolute atomic E-state index is 0.333. The molecule has 1 heterocycles. The number of carboxylic acid groups (broad SMARTS) is 1. The van der Waals surface area contributed by atoms with Gasteiger partial charge in [0, 0.05) is 12.6 Å². The van der Waals surface area contributed by atoms with Crippen LogP contribution >= 0.6 is 0 Å². The number of nitrogens with zero attached hydrogens (tertiary/aromatic N) is 1. The summed E-state index contributed by atoms with van der Waals surface area (Å²) in [6.07, 6.45) is 0.320. The zero-order valence-corrected chi connectivity index (χ0v) is 7.23.